The highest BCUT2D eigenvalue weighted by atomic mass is 16.5. The van der Waals surface area contributed by atoms with Crippen LogP contribution in [0.1, 0.15) is 46.5 Å². The number of rotatable bonds is 3. The quantitative estimate of drug-likeness (QED) is 0.630. The lowest BCUT2D eigenvalue weighted by atomic mass is 9.78. The maximum absolute atomic E-state index is 11.7. The van der Waals surface area contributed by atoms with Crippen LogP contribution in [0.25, 0.3) is 0 Å². The molecule has 0 N–H and O–H groups in total. The Bertz CT molecular complexity index is 189. The molecule has 1 saturated carbocycles. The number of hydrogen-bond donors (Lipinski definition) is 0. The largest absolute Gasteiger partial charge is 0.466 e. The monoisotopic (exact) mass is 184 g/mol. The molecule has 13 heavy (non-hydrogen) atoms. The van der Waals surface area contributed by atoms with E-state index in [9.17, 15) is 4.79 Å². The standard InChI is InChI=1S/C11H20O2/c1-4-9-7-6-8-11(9,3)10(12)13-5-2/h9H,4-8H2,1-3H3. The lowest BCUT2D eigenvalue weighted by Gasteiger charge is -2.28. The molecule has 2 atom stereocenters. The van der Waals surface area contributed by atoms with Crippen molar-refractivity contribution in [2.75, 3.05) is 6.61 Å². The first-order valence-corrected chi connectivity index (χ1v) is 5.32. The molecule has 0 heterocycles. The van der Waals surface area contributed by atoms with Gasteiger partial charge in [0.15, 0.2) is 0 Å². The average Bonchev–Trinajstić information content (AvgIpc) is 2.48. The Balaban J connectivity index is 2.67. The van der Waals surface area contributed by atoms with E-state index in [0.29, 0.717) is 12.5 Å². The Labute approximate surface area is 80.7 Å². The topological polar surface area (TPSA) is 26.3 Å². The first-order valence-electron chi connectivity index (χ1n) is 5.32. The molecular formula is C11H20O2. The summed E-state index contributed by atoms with van der Waals surface area (Å²) in [6.45, 7) is 6.60. The Morgan fingerprint density at radius 3 is 2.77 bits per heavy atom. The van der Waals surface area contributed by atoms with E-state index >= 15 is 0 Å². The van der Waals surface area contributed by atoms with E-state index in [4.69, 9.17) is 4.74 Å². The van der Waals surface area contributed by atoms with Crippen LogP contribution in [0.2, 0.25) is 0 Å². The highest BCUT2D eigenvalue weighted by Gasteiger charge is 2.44. The summed E-state index contributed by atoms with van der Waals surface area (Å²) < 4.78 is 5.12. The summed E-state index contributed by atoms with van der Waals surface area (Å²) in [7, 11) is 0. The van der Waals surface area contributed by atoms with Gasteiger partial charge in [-0.3, -0.25) is 4.79 Å². The third-order valence-corrected chi connectivity index (χ3v) is 3.38. The van der Waals surface area contributed by atoms with Crippen LogP contribution in [-0.2, 0) is 9.53 Å². The number of ether oxygens (including phenoxy) is 1. The molecule has 0 aromatic carbocycles. The van der Waals surface area contributed by atoms with Gasteiger partial charge in [0.1, 0.15) is 0 Å². The van der Waals surface area contributed by atoms with E-state index in [1.54, 1.807) is 0 Å². The van der Waals surface area contributed by atoms with E-state index in [2.05, 4.69) is 13.8 Å². The zero-order chi connectivity index (χ0) is 9.90. The number of carbonyl (C=O) groups is 1. The molecule has 1 fully saturated rings. The predicted octanol–water partition coefficient (Wildman–Crippen LogP) is 2.77. The van der Waals surface area contributed by atoms with Gasteiger partial charge < -0.3 is 4.74 Å². The minimum atomic E-state index is -0.190. The molecule has 0 aromatic heterocycles. The van der Waals surface area contributed by atoms with Gasteiger partial charge in [-0.05, 0) is 32.6 Å². The maximum Gasteiger partial charge on any atom is 0.312 e. The van der Waals surface area contributed by atoms with Crippen molar-refractivity contribution in [1.29, 1.82) is 0 Å². The van der Waals surface area contributed by atoms with Crippen molar-refractivity contribution >= 4 is 5.97 Å². The van der Waals surface area contributed by atoms with E-state index in [0.717, 1.165) is 12.8 Å². The first-order chi connectivity index (χ1) is 6.15. The zero-order valence-electron chi connectivity index (χ0n) is 8.93. The summed E-state index contributed by atoms with van der Waals surface area (Å²) in [6.07, 6.45) is 4.46. The molecule has 2 heteroatoms. The van der Waals surface area contributed by atoms with E-state index < -0.39 is 0 Å². The highest BCUT2D eigenvalue weighted by molar-refractivity contribution is 5.77. The normalized spacial score (nSPS) is 33.3. The Kier molecular flexibility index (Phi) is 3.34. The van der Waals surface area contributed by atoms with E-state index in [-0.39, 0.29) is 11.4 Å². The summed E-state index contributed by atoms with van der Waals surface area (Å²) in [5.41, 5.74) is -0.190. The van der Waals surface area contributed by atoms with Gasteiger partial charge >= 0.3 is 5.97 Å². The number of esters is 1. The molecule has 1 aliphatic carbocycles. The van der Waals surface area contributed by atoms with Crippen LogP contribution in [0.5, 0.6) is 0 Å². The van der Waals surface area contributed by atoms with Crippen molar-refractivity contribution in [3.8, 4) is 0 Å². The number of carbonyl (C=O) groups excluding carboxylic acids is 1. The SMILES string of the molecule is CCOC(=O)C1(C)CCCC1CC. The summed E-state index contributed by atoms with van der Waals surface area (Å²) in [6, 6.07) is 0. The lowest BCUT2D eigenvalue weighted by molar-refractivity contribution is -0.156. The fourth-order valence-corrected chi connectivity index (χ4v) is 2.46. The molecule has 76 valence electrons. The third kappa shape index (κ3) is 1.87. The zero-order valence-corrected chi connectivity index (χ0v) is 8.93. The van der Waals surface area contributed by atoms with Crippen molar-refractivity contribution in [2.45, 2.75) is 46.5 Å². The van der Waals surface area contributed by atoms with Crippen LogP contribution in [0.15, 0.2) is 0 Å². The van der Waals surface area contributed by atoms with Crippen LogP contribution in [0.3, 0.4) is 0 Å². The van der Waals surface area contributed by atoms with Crippen molar-refractivity contribution < 1.29 is 9.53 Å². The Morgan fingerprint density at radius 2 is 2.23 bits per heavy atom. The van der Waals surface area contributed by atoms with Crippen molar-refractivity contribution in [3.63, 3.8) is 0 Å². The summed E-state index contributed by atoms with van der Waals surface area (Å²) >= 11 is 0. The molecule has 0 bridgehead atoms. The fraction of sp³-hybridized carbons (Fsp3) is 0.909. The minimum absolute atomic E-state index is 0.0133. The van der Waals surface area contributed by atoms with Crippen LogP contribution >= 0.6 is 0 Å². The second-order valence-corrected chi connectivity index (χ2v) is 4.14. The molecule has 0 aliphatic heterocycles. The second-order valence-electron chi connectivity index (χ2n) is 4.14. The Morgan fingerprint density at radius 1 is 1.54 bits per heavy atom. The average molecular weight is 184 g/mol. The van der Waals surface area contributed by atoms with Gasteiger partial charge in [-0.15, -0.1) is 0 Å². The van der Waals surface area contributed by atoms with Gasteiger partial charge in [-0.25, -0.2) is 0 Å². The van der Waals surface area contributed by atoms with Gasteiger partial charge in [-0.2, -0.15) is 0 Å². The molecule has 1 aliphatic rings. The molecule has 0 radical (unpaired) electrons. The smallest absolute Gasteiger partial charge is 0.312 e. The highest BCUT2D eigenvalue weighted by Crippen LogP contribution is 2.45. The van der Waals surface area contributed by atoms with Gasteiger partial charge in [0, 0.05) is 0 Å². The predicted molar refractivity (Wildman–Crippen MR) is 52.4 cm³/mol. The van der Waals surface area contributed by atoms with E-state index in [1.807, 2.05) is 6.92 Å². The summed E-state index contributed by atoms with van der Waals surface area (Å²) in [4.78, 5) is 11.7. The minimum Gasteiger partial charge on any atom is -0.466 e. The number of hydrogen-bond acceptors (Lipinski definition) is 2. The Hall–Kier alpha value is -0.530. The molecule has 0 amide bonds. The van der Waals surface area contributed by atoms with Crippen LogP contribution < -0.4 is 0 Å². The van der Waals surface area contributed by atoms with Crippen LogP contribution in [0.4, 0.5) is 0 Å². The van der Waals surface area contributed by atoms with Gasteiger partial charge in [0.25, 0.3) is 0 Å². The summed E-state index contributed by atoms with van der Waals surface area (Å²) in [5.74, 6) is 0.547. The molecule has 2 unspecified atom stereocenters. The summed E-state index contributed by atoms with van der Waals surface area (Å²) in [5, 5.41) is 0. The molecule has 0 aromatic rings. The van der Waals surface area contributed by atoms with Gasteiger partial charge in [-0.1, -0.05) is 19.8 Å². The van der Waals surface area contributed by atoms with Gasteiger partial charge in [0.05, 0.1) is 12.0 Å². The van der Waals surface area contributed by atoms with Crippen molar-refractivity contribution in [2.24, 2.45) is 11.3 Å². The first kappa shape index (κ1) is 10.6. The third-order valence-electron chi connectivity index (χ3n) is 3.38. The molecule has 1 rings (SSSR count). The maximum atomic E-state index is 11.7. The molecule has 0 spiro atoms. The van der Waals surface area contributed by atoms with Crippen molar-refractivity contribution in [3.05, 3.63) is 0 Å². The van der Waals surface area contributed by atoms with E-state index in [1.165, 1.54) is 12.8 Å². The molecular weight excluding hydrogens is 164 g/mol. The second kappa shape index (κ2) is 4.12. The molecule has 0 saturated heterocycles. The lowest BCUT2D eigenvalue weighted by Crippen LogP contribution is -2.33. The van der Waals surface area contributed by atoms with Gasteiger partial charge in [0.2, 0.25) is 0 Å². The molecule has 2 nitrogen and oxygen atoms in total. The van der Waals surface area contributed by atoms with Crippen LogP contribution in [0, 0.1) is 11.3 Å². The van der Waals surface area contributed by atoms with Crippen molar-refractivity contribution in [1.82, 2.24) is 0 Å². The van der Waals surface area contributed by atoms with Crippen LogP contribution in [-0.4, -0.2) is 12.6 Å². The fourth-order valence-electron chi connectivity index (χ4n) is 2.46.